The Labute approximate surface area is 97.3 Å². The minimum atomic E-state index is -1.16. The number of aryl methyl sites for hydroxylation is 1. The van der Waals surface area contributed by atoms with Crippen LogP contribution in [0.3, 0.4) is 0 Å². The molecule has 1 aromatic carbocycles. The molecule has 0 atom stereocenters. The molecule has 0 aromatic heterocycles. The van der Waals surface area contributed by atoms with Crippen LogP contribution in [-0.2, 0) is 4.79 Å². The summed E-state index contributed by atoms with van der Waals surface area (Å²) in [4.78, 5) is 20.5. The zero-order valence-electron chi connectivity index (χ0n) is 9.17. The first-order valence-corrected chi connectivity index (χ1v) is 4.70. The number of rotatable bonds is 5. The molecule has 1 aromatic rings. The Morgan fingerprint density at radius 2 is 2.24 bits per heavy atom. The number of nitrogens with zero attached hydrogens (tertiary/aromatic N) is 1. The minimum Gasteiger partial charge on any atom is -0.488 e. The summed E-state index contributed by atoms with van der Waals surface area (Å²) in [6, 6.07) is 4.15. The SMILES string of the molecule is C=C(COc1cc([N+](=O)[O-])ccc1C)C(=O)O. The van der Waals surface area contributed by atoms with Crippen molar-refractivity contribution in [2.24, 2.45) is 0 Å². The summed E-state index contributed by atoms with van der Waals surface area (Å²) in [7, 11) is 0. The fourth-order valence-electron chi connectivity index (χ4n) is 1.08. The zero-order chi connectivity index (χ0) is 13.0. The Balaban J connectivity index is 2.83. The van der Waals surface area contributed by atoms with Gasteiger partial charge in [-0.3, -0.25) is 10.1 Å². The van der Waals surface area contributed by atoms with Crippen LogP contribution in [-0.4, -0.2) is 22.6 Å². The Morgan fingerprint density at radius 3 is 2.76 bits per heavy atom. The number of hydrogen-bond donors (Lipinski definition) is 1. The van der Waals surface area contributed by atoms with Crippen LogP contribution in [0.1, 0.15) is 5.56 Å². The minimum absolute atomic E-state index is 0.105. The second-order valence-corrected chi connectivity index (χ2v) is 3.40. The van der Waals surface area contributed by atoms with Crippen molar-refractivity contribution in [1.29, 1.82) is 0 Å². The van der Waals surface area contributed by atoms with Crippen LogP contribution in [0.2, 0.25) is 0 Å². The third-order valence-corrected chi connectivity index (χ3v) is 2.09. The zero-order valence-corrected chi connectivity index (χ0v) is 9.17. The number of carboxylic acid groups (broad SMARTS) is 1. The van der Waals surface area contributed by atoms with Gasteiger partial charge in [-0.15, -0.1) is 0 Å². The first-order valence-electron chi connectivity index (χ1n) is 4.70. The maximum absolute atomic E-state index is 10.5. The normalized spacial score (nSPS) is 9.71. The van der Waals surface area contributed by atoms with Gasteiger partial charge in [0.1, 0.15) is 12.4 Å². The second kappa shape index (κ2) is 5.11. The van der Waals surface area contributed by atoms with Crippen LogP contribution in [0.5, 0.6) is 5.75 Å². The van der Waals surface area contributed by atoms with Crippen LogP contribution in [0.4, 0.5) is 5.69 Å². The van der Waals surface area contributed by atoms with Crippen LogP contribution in [0.25, 0.3) is 0 Å². The highest BCUT2D eigenvalue weighted by molar-refractivity contribution is 5.86. The summed E-state index contributed by atoms with van der Waals surface area (Å²) in [5.74, 6) is -0.880. The van der Waals surface area contributed by atoms with Crippen LogP contribution in [0, 0.1) is 17.0 Å². The molecule has 0 radical (unpaired) electrons. The van der Waals surface area contributed by atoms with Gasteiger partial charge in [0.25, 0.3) is 5.69 Å². The van der Waals surface area contributed by atoms with Gasteiger partial charge in [-0.05, 0) is 18.6 Å². The van der Waals surface area contributed by atoms with E-state index in [0.717, 1.165) is 0 Å². The van der Waals surface area contributed by atoms with Gasteiger partial charge in [-0.2, -0.15) is 0 Å². The van der Waals surface area contributed by atoms with Crippen molar-refractivity contribution in [3.05, 3.63) is 46.0 Å². The van der Waals surface area contributed by atoms with Crippen LogP contribution < -0.4 is 4.74 Å². The van der Waals surface area contributed by atoms with Crippen molar-refractivity contribution < 1.29 is 19.6 Å². The maximum atomic E-state index is 10.5. The quantitative estimate of drug-likeness (QED) is 0.480. The van der Waals surface area contributed by atoms with Crippen molar-refractivity contribution in [2.75, 3.05) is 6.61 Å². The maximum Gasteiger partial charge on any atom is 0.334 e. The van der Waals surface area contributed by atoms with Crippen molar-refractivity contribution >= 4 is 11.7 Å². The molecular weight excluding hydrogens is 226 g/mol. The van der Waals surface area contributed by atoms with E-state index in [1.54, 1.807) is 6.92 Å². The smallest absolute Gasteiger partial charge is 0.334 e. The van der Waals surface area contributed by atoms with Gasteiger partial charge in [0.15, 0.2) is 0 Å². The Bertz CT molecular complexity index is 481. The molecule has 1 rings (SSSR count). The predicted octanol–water partition coefficient (Wildman–Crippen LogP) is 1.92. The molecule has 6 nitrogen and oxygen atoms in total. The summed E-state index contributed by atoms with van der Waals surface area (Å²) in [5, 5.41) is 19.1. The van der Waals surface area contributed by atoms with E-state index >= 15 is 0 Å². The second-order valence-electron chi connectivity index (χ2n) is 3.40. The molecule has 0 aliphatic carbocycles. The molecule has 0 bridgehead atoms. The van der Waals surface area contributed by atoms with Gasteiger partial charge in [-0.25, -0.2) is 4.79 Å². The van der Waals surface area contributed by atoms with Crippen molar-refractivity contribution in [3.63, 3.8) is 0 Å². The Hall–Kier alpha value is -2.37. The Morgan fingerprint density at radius 1 is 1.59 bits per heavy atom. The number of carboxylic acids is 1. The molecule has 0 saturated heterocycles. The number of ether oxygens (including phenoxy) is 1. The molecule has 0 saturated carbocycles. The highest BCUT2D eigenvalue weighted by Gasteiger charge is 2.11. The molecule has 0 heterocycles. The van der Waals surface area contributed by atoms with E-state index in [0.29, 0.717) is 5.56 Å². The third-order valence-electron chi connectivity index (χ3n) is 2.09. The fraction of sp³-hybridized carbons (Fsp3) is 0.182. The average Bonchev–Trinajstić information content (AvgIpc) is 2.26. The van der Waals surface area contributed by atoms with Crippen molar-refractivity contribution in [1.82, 2.24) is 0 Å². The lowest BCUT2D eigenvalue weighted by molar-refractivity contribution is -0.384. The van der Waals surface area contributed by atoms with Gasteiger partial charge >= 0.3 is 5.97 Å². The summed E-state index contributed by atoms with van der Waals surface area (Å²) >= 11 is 0. The van der Waals surface area contributed by atoms with E-state index in [4.69, 9.17) is 9.84 Å². The number of nitro groups is 1. The lowest BCUT2D eigenvalue weighted by Crippen LogP contribution is -2.09. The molecule has 1 N–H and O–H groups in total. The monoisotopic (exact) mass is 237 g/mol. The summed E-state index contributed by atoms with van der Waals surface area (Å²) < 4.78 is 5.17. The molecule has 0 aliphatic rings. The molecule has 0 amide bonds. The standard InChI is InChI=1S/C11H11NO5/c1-7-3-4-9(12(15)16)5-10(7)17-6-8(2)11(13)14/h3-5H,2,6H2,1H3,(H,13,14). The number of non-ortho nitro benzene ring substituents is 1. The van der Waals surface area contributed by atoms with E-state index in [1.807, 2.05) is 0 Å². The summed E-state index contributed by atoms with van der Waals surface area (Å²) in [5.41, 5.74) is 0.469. The number of carbonyl (C=O) groups is 1. The highest BCUT2D eigenvalue weighted by Crippen LogP contribution is 2.24. The largest absolute Gasteiger partial charge is 0.488 e. The molecular formula is C11H11NO5. The van der Waals surface area contributed by atoms with Gasteiger partial charge in [0.2, 0.25) is 0 Å². The topological polar surface area (TPSA) is 89.7 Å². The lowest BCUT2D eigenvalue weighted by atomic mass is 10.2. The first-order chi connectivity index (χ1) is 7.91. The van der Waals surface area contributed by atoms with Crippen molar-refractivity contribution in [3.8, 4) is 5.75 Å². The molecule has 17 heavy (non-hydrogen) atoms. The molecule has 0 unspecified atom stereocenters. The number of hydrogen-bond acceptors (Lipinski definition) is 4. The van der Waals surface area contributed by atoms with E-state index in [-0.39, 0.29) is 23.6 Å². The summed E-state index contributed by atoms with van der Waals surface area (Å²) in [6.45, 7) is 4.80. The lowest BCUT2D eigenvalue weighted by Gasteiger charge is -2.08. The number of nitro benzene ring substituents is 1. The number of benzene rings is 1. The molecule has 0 aliphatic heterocycles. The highest BCUT2D eigenvalue weighted by atomic mass is 16.6. The van der Waals surface area contributed by atoms with Crippen molar-refractivity contribution in [2.45, 2.75) is 6.92 Å². The van der Waals surface area contributed by atoms with Gasteiger partial charge in [0, 0.05) is 6.07 Å². The molecule has 0 spiro atoms. The average molecular weight is 237 g/mol. The molecule has 6 heteroatoms. The van der Waals surface area contributed by atoms with Gasteiger partial charge < -0.3 is 9.84 Å². The van der Waals surface area contributed by atoms with E-state index < -0.39 is 10.9 Å². The van der Waals surface area contributed by atoms with E-state index in [2.05, 4.69) is 6.58 Å². The van der Waals surface area contributed by atoms with E-state index in [1.165, 1.54) is 18.2 Å². The number of aliphatic carboxylic acids is 1. The first kappa shape index (κ1) is 12.7. The van der Waals surface area contributed by atoms with E-state index in [9.17, 15) is 14.9 Å². The fourth-order valence-corrected chi connectivity index (χ4v) is 1.08. The third kappa shape index (κ3) is 3.30. The van der Waals surface area contributed by atoms with Crippen LogP contribution in [0.15, 0.2) is 30.4 Å². The molecule has 90 valence electrons. The van der Waals surface area contributed by atoms with Gasteiger partial charge in [-0.1, -0.05) is 6.58 Å². The molecule has 0 fully saturated rings. The Kier molecular flexibility index (Phi) is 3.82. The predicted molar refractivity (Wildman–Crippen MR) is 60.1 cm³/mol. The summed E-state index contributed by atoms with van der Waals surface area (Å²) in [6.07, 6.45) is 0. The van der Waals surface area contributed by atoms with Gasteiger partial charge in [0.05, 0.1) is 16.6 Å². The van der Waals surface area contributed by atoms with Crippen LogP contribution >= 0.6 is 0 Å².